The zero-order valence-electron chi connectivity index (χ0n) is 21.2. The second-order valence-electron chi connectivity index (χ2n) is 8.96. The smallest absolute Gasteiger partial charge is 0.310 e. The molecular formula is C25H32Cl2N4O6S. The van der Waals surface area contributed by atoms with Gasteiger partial charge in [0.2, 0.25) is 0 Å². The standard InChI is InChI=1S/C25H31Cl2N3O3S.HNO3/c1-17(30(2)25(34-29-32)18-9-4-3-5-10-18)16-33-23(31)15-19-11-6-7-14-22(19)28-24-20(26)12-8-13-21(24)27;2-1(3)4/h6-8,11-14,17-18,25,28H,3-5,9-10,15-16H2,1-2H3;(H,2,3,4). The van der Waals surface area contributed by atoms with E-state index >= 15 is 0 Å². The summed E-state index contributed by atoms with van der Waals surface area (Å²) in [5.74, 6) is 0.101. The fourth-order valence-corrected chi connectivity index (χ4v) is 5.67. The van der Waals surface area contributed by atoms with Crippen molar-refractivity contribution in [1.29, 1.82) is 0 Å². The molecule has 1 aliphatic carbocycles. The molecule has 0 amide bonds. The number of benzene rings is 2. The molecule has 10 nitrogen and oxygen atoms in total. The van der Waals surface area contributed by atoms with Gasteiger partial charge in [-0.3, -0.25) is 9.69 Å². The Bertz CT molecular complexity index is 1050. The molecule has 0 radical (unpaired) electrons. The summed E-state index contributed by atoms with van der Waals surface area (Å²) in [5, 5.41) is 17.9. The zero-order valence-corrected chi connectivity index (χ0v) is 23.5. The highest BCUT2D eigenvalue weighted by atomic mass is 35.5. The van der Waals surface area contributed by atoms with Crippen LogP contribution in [0, 0.1) is 20.9 Å². The lowest BCUT2D eigenvalue weighted by atomic mass is 9.88. The minimum absolute atomic E-state index is 0.00297. The van der Waals surface area contributed by atoms with E-state index in [0.29, 0.717) is 21.7 Å². The molecule has 1 fully saturated rings. The van der Waals surface area contributed by atoms with Crippen LogP contribution in [0.5, 0.6) is 0 Å². The Morgan fingerprint density at radius 1 is 1.21 bits per heavy atom. The van der Waals surface area contributed by atoms with Crippen molar-refractivity contribution in [1.82, 2.24) is 4.90 Å². The molecule has 2 N–H and O–H groups in total. The molecule has 2 aromatic carbocycles. The summed E-state index contributed by atoms with van der Waals surface area (Å²) in [6.07, 6.45) is 5.93. The molecule has 1 aliphatic rings. The third-order valence-corrected chi connectivity index (χ3v) is 8.01. The largest absolute Gasteiger partial charge is 0.464 e. The summed E-state index contributed by atoms with van der Waals surface area (Å²) in [5.41, 5.74) is 2.12. The molecule has 3 rings (SSSR count). The van der Waals surface area contributed by atoms with E-state index in [-0.39, 0.29) is 30.4 Å². The van der Waals surface area contributed by atoms with Crippen molar-refractivity contribution < 1.29 is 19.8 Å². The van der Waals surface area contributed by atoms with E-state index in [1.54, 1.807) is 18.2 Å². The van der Waals surface area contributed by atoms with Crippen LogP contribution in [0.3, 0.4) is 0 Å². The van der Waals surface area contributed by atoms with E-state index in [1.165, 1.54) is 19.3 Å². The summed E-state index contributed by atoms with van der Waals surface area (Å²) in [7, 11) is 1.97. The van der Waals surface area contributed by atoms with E-state index in [4.69, 9.17) is 43.3 Å². The summed E-state index contributed by atoms with van der Waals surface area (Å²) >= 11 is 13.7. The summed E-state index contributed by atoms with van der Waals surface area (Å²) in [6.45, 7) is 2.24. The molecule has 2 atom stereocenters. The third-order valence-electron chi connectivity index (χ3n) is 6.36. The maximum absolute atomic E-state index is 12.7. The highest BCUT2D eigenvalue weighted by Crippen LogP contribution is 2.36. The zero-order chi connectivity index (χ0) is 28.1. The minimum Gasteiger partial charge on any atom is -0.464 e. The van der Waals surface area contributed by atoms with Crippen LogP contribution in [0.2, 0.25) is 10.0 Å². The lowest BCUT2D eigenvalue weighted by Crippen LogP contribution is -2.44. The second kappa shape index (κ2) is 16.4. The molecule has 0 spiro atoms. The third kappa shape index (κ3) is 10.3. The van der Waals surface area contributed by atoms with Crippen LogP contribution in [0.4, 0.5) is 11.4 Å². The van der Waals surface area contributed by atoms with E-state index in [0.717, 1.165) is 36.0 Å². The lowest BCUT2D eigenvalue weighted by molar-refractivity contribution is -0.742. The normalized spacial score (nSPS) is 15.1. The van der Waals surface area contributed by atoms with Gasteiger partial charge in [-0.25, -0.2) is 0 Å². The van der Waals surface area contributed by atoms with Crippen molar-refractivity contribution >= 4 is 52.5 Å². The summed E-state index contributed by atoms with van der Waals surface area (Å²) in [4.78, 5) is 34.2. The van der Waals surface area contributed by atoms with Gasteiger partial charge >= 0.3 is 5.97 Å². The van der Waals surface area contributed by atoms with Gasteiger partial charge in [-0.1, -0.05) is 66.7 Å². The number of ether oxygens (including phenoxy) is 1. The number of para-hydroxylation sites is 2. The minimum atomic E-state index is -1.50. The molecule has 1 saturated carbocycles. The first-order valence-corrected chi connectivity index (χ1v) is 13.7. The first kappa shape index (κ1) is 31.6. The Morgan fingerprint density at radius 2 is 1.82 bits per heavy atom. The van der Waals surface area contributed by atoms with E-state index in [1.807, 2.05) is 38.2 Å². The van der Waals surface area contributed by atoms with Crippen LogP contribution in [-0.2, 0) is 16.0 Å². The van der Waals surface area contributed by atoms with Gasteiger partial charge in [0.1, 0.15) is 6.61 Å². The number of nitrogens with zero attached hydrogens (tertiary/aromatic N) is 3. The maximum Gasteiger partial charge on any atom is 0.310 e. The fraction of sp³-hybridized carbons (Fsp3) is 0.480. The fourth-order valence-electron chi connectivity index (χ4n) is 4.29. The molecule has 0 aromatic heterocycles. The molecule has 2 aromatic rings. The number of hydrogen-bond acceptors (Lipinski definition) is 9. The van der Waals surface area contributed by atoms with Crippen molar-refractivity contribution in [2.24, 2.45) is 10.5 Å². The molecule has 2 unspecified atom stereocenters. The Balaban J connectivity index is 0.00000118. The number of rotatable bonds is 11. The van der Waals surface area contributed by atoms with Crippen molar-refractivity contribution in [2.45, 2.75) is 56.9 Å². The van der Waals surface area contributed by atoms with Crippen molar-refractivity contribution in [2.75, 3.05) is 19.0 Å². The number of nitrogens with one attached hydrogen (secondary N) is 1. The average Bonchev–Trinajstić information content (AvgIpc) is 2.89. The number of esters is 1. The van der Waals surface area contributed by atoms with Crippen LogP contribution in [0.15, 0.2) is 47.0 Å². The number of likely N-dealkylation sites (N-methyl/N-ethyl adjacent to an activating group) is 1. The van der Waals surface area contributed by atoms with Gasteiger partial charge in [0, 0.05) is 28.3 Å². The Hall–Kier alpha value is -2.60. The number of carbonyl (C=O) groups excluding carboxylic acids is 1. The van der Waals surface area contributed by atoms with Gasteiger partial charge < -0.3 is 15.3 Å². The van der Waals surface area contributed by atoms with Gasteiger partial charge in [-0.15, -0.1) is 15.0 Å². The number of halogens is 2. The molecule has 0 aliphatic heterocycles. The molecule has 38 heavy (non-hydrogen) atoms. The first-order chi connectivity index (χ1) is 18.1. The van der Waals surface area contributed by atoms with Gasteiger partial charge in [0.15, 0.2) is 0 Å². The Kier molecular flexibility index (Phi) is 13.6. The van der Waals surface area contributed by atoms with Crippen LogP contribution in [0.25, 0.3) is 0 Å². The second-order valence-corrected chi connectivity index (χ2v) is 10.6. The number of carbonyl (C=O) groups is 1. The van der Waals surface area contributed by atoms with E-state index < -0.39 is 5.09 Å². The lowest BCUT2D eigenvalue weighted by Gasteiger charge is -2.37. The molecule has 0 heterocycles. The first-order valence-electron chi connectivity index (χ1n) is 12.1. The molecular weight excluding hydrogens is 555 g/mol. The molecule has 0 saturated heterocycles. The van der Waals surface area contributed by atoms with E-state index in [9.17, 15) is 9.70 Å². The molecule has 13 heteroatoms. The van der Waals surface area contributed by atoms with Crippen molar-refractivity contribution in [3.8, 4) is 0 Å². The van der Waals surface area contributed by atoms with Crippen molar-refractivity contribution in [3.63, 3.8) is 0 Å². The highest BCUT2D eigenvalue weighted by Gasteiger charge is 2.31. The SMILES string of the molecule is CC(COC(=O)Cc1ccccc1Nc1c(Cl)cccc1Cl)N(C)C(SN=O)C1CCCCC1.O=[N+]([O-])O. The van der Waals surface area contributed by atoms with Crippen LogP contribution in [0.1, 0.15) is 44.6 Å². The van der Waals surface area contributed by atoms with Gasteiger partial charge in [0.25, 0.3) is 5.09 Å². The number of anilines is 2. The monoisotopic (exact) mass is 586 g/mol. The van der Waals surface area contributed by atoms with Gasteiger partial charge in [-0.2, -0.15) is 0 Å². The number of nitroso groups, excluding NO2 is 1. The van der Waals surface area contributed by atoms with Crippen LogP contribution in [-0.4, -0.2) is 46.2 Å². The number of hydrogen-bond donors (Lipinski definition) is 2. The molecule has 0 bridgehead atoms. The maximum atomic E-state index is 12.7. The Labute approximate surface area is 236 Å². The van der Waals surface area contributed by atoms with Crippen LogP contribution < -0.4 is 5.32 Å². The van der Waals surface area contributed by atoms with Crippen molar-refractivity contribution in [3.05, 3.63) is 73.1 Å². The topological polar surface area (TPSA) is 134 Å². The van der Waals surface area contributed by atoms with Gasteiger partial charge in [0.05, 0.1) is 27.5 Å². The Morgan fingerprint density at radius 3 is 2.42 bits per heavy atom. The van der Waals surface area contributed by atoms with Crippen LogP contribution >= 0.6 is 35.1 Å². The average molecular weight is 588 g/mol. The quantitative estimate of drug-likeness (QED) is 0.0704. The predicted molar refractivity (Wildman–Crippen MR) is 151 cm³/mol. The summed E-state index contributed by atoms with van der Waals surface area (Å²) < 4.78 is 8.73. The van der Waals surface area contributed by atoms with E-state index in [2.05, 4.69) is 14.8 Å². The highest BCUT2D eigenvalue weighted by molar-refractivity contribution is 7.98. The predicted octanol–water partition coefficient (Wildman–Crippen LogP) is 7.12. The van der Waals surface area contributed by atoms with Gasteiger partial charge in [-0.05, 0) is 56.5 Å². The summed E-state index contributed by atoms with van der Waals surface area (Å²) in [6, 6.07) is 12.7. The molecule has 208 valence electrons.